The highest BCUT2D eigenvalue weighted by atomic mass is 16.5. The maximum absolute atomic E-state index is 9.65. The van der Waals surface area contributed by atoms with Crippen LogP contribution in [0.4, 0.5) is 23.1 Å². The first-order chi connectivity index (χ1) is 18.1. The van der Waals surface area contributed by atoms with Gasteiger partial charge in [-0.1, -0.05) is 18.2 Å². The molecular formula is C28H36N8O. The first kappa shape index (κ1) is 26.4. The maximum Gasteiger partial charge on any atom is 0.229 e. The average Bonchev–Trinajstić information content (AvgIpc) is 2.90. The molecule has 0 atom stereocenters. The lowest BCUT2D eigenvalue weighted by molar-refractivity contribution is 0.127. The van der Waals surface area contributed by atoms with E-state index >= 15 is 0 Å². The van der Waals surface area contributed by atoms with Crippen molar-refractivity contribution in [1.82, 2.24) is 19.8 Å². The summed E-state index contributed by atoms with van der Waals surface area (Å²) in [7, 11) is 0. The lowest BCUT2D eigenvalue weighted by atomic mass is 10.1. The molecule has 0 bridgehead atoms. The fraction of sp³-hybridized carbons (Fsp3) is 0.393. The van der Waals surface area contributed by atoms with Crippen LogP contribution in [-0.2, 0) is 6.54 Å². The molecule has 2 aromatic carbocycles. The molecule has 4 rings (SSSR count). The molecule has 0 spiro atoms. The molecule has 0 radical (unpaired) electrons. The van der Waals surface area contributed by atoms with E-state index in [-0.39, 0.29) is 0 Å². The predicted octanol–water partition coefficient (Wildman–Crippen LogP) is 4.01. The molecule has 1 saturated heterocycles. The normalized spacial score (nSPS) is 14.2. The highest BCUT2D eigenvalue weighted by molar-refractivity contribution is 5.67. The first-order valence-corrected chi connectivity index (χ1v) is 12.9. The Morgan fingerprint density at radius 1 is 1.08 bits per heavy atom. The summed E-state index contributed by atoms with van der Waals surface area (Å²) in [5.41, 5.74) is 9.99. The van der Waals surface area contributed by atoms with Crippen molar-refractivity contribution in [2.45, 2.75) is 26.8 Å². The second kappa shape index (κ2) is 13.0. The molecule has 2 heterocycles. The SMILES string of the molecule is CCOc1ccc(C)cc1Nc1ncc(C#N)c(Nc2cccc(CN3CCN(CCCN)CC3)c2)n1. The average molecular weight is 501 g/mol. The molecule has 0 saturated carbocycles. The quantitative estimate of drug-likeness (QED) is 0.359. The van der Waals surface area contributed by atoms with E-state index in [4.69, 9.17) is 10.5 Å². The third-order valence-electron chi connectivity index (χ3n) is 6.33. The van der Waals surface area contributed by atoms with Gasteiger partial charge in [0.05, 0.1) is 18.5 Å². The number of hydrogen-bond donors (Lipinski definition) is 3. The number of ether oxygens (including phenoxy) is 1. The number of rotatable bonds is 11. The van der Waals surface area contributed by atoms with E-state index in [1.54, 1.807) is 0 Å². The number of aromatic nitrogens is 2. The zero-order chi connectivity index (χ0) is 26.0. The summed E-state index contributed by atoms with van der Waals surface area (Å²) in [6, 6.07) is 16.4. The number of benzene rings is 2. The van der Waals surface area contributed by atoms with Crippen molar-refractivity contribution in [3.63, 3.8) is 0 Å². The Morgan fingerprint density at radius 3 is 2.65 bits per heavy atom. The second-order valence-corrected chi connectivity index (χ2v) is 9.21. The molecule has 1 fully saturated rings. The van der Waals surface area contributed by atoms with E-state index in [0.29, 0.717) is 23.9 Å². The standard InChI is InChI=1S/C28H36N8O/c1-3-37-26-9-8-21(2)16-25(26)33-28-31-19-23(18-30)27(34-28)32-24-7-4-6-22(17-24)20-36-14-12-35(13-15-36)11-5-10-29/h4,6-9,16-17,19H,3,5,10-15,20,29H2,1-2H3,(H2,31,32,33,34). The first-order valence-electron chi connectivity index (χ1n) is 12.9. The smallest absolute Gasteiger partial charge is 0.229 e. The molecular weight excluding hydrogens is 464 g/mol. The van der Waals surface area contributed by atoms with Crippen LogP contribution in [0.1, 0.15) is 30.0 Å². The van der Waals surface area contributed by atoms with Crippen molar-refractivity contribution in [3.05, 3.63) is 65.4 Å². The van der Waals surface area contributed by atoms with Gasteiger partial charge in [0, 0.05) is 38.4 Å². The van der Waals surface area contributed by atoms with Crippen LogP contribution in [0.25, 0.3) is 0 Å². The molecule has 0 unspecified atom stereocenters. The van der Waals surface area contributed by atoms with Crippen molar-refractivity contribution in [2.24, 2.45) is 5.73 Å². The van der Waals surface area contributed by atoms with Crippen molar-refractivity contribution < 1.29 is 4.74 Å². The van der Waals surface area contributed by atoms with Crippen LogP contribution in [-0.4, -0.2) is 65.6 Å². The van der Waals surface area contributed by atoms with Gasteiger partial charge in [-0.2, -0.15) is 10.2 Å². The minimum absolute atomic E-state index is 0.374. The zero-order valence-electron chi connectivity index (χ0n) is 21.7. The molecule has 194 valence electrons. The van der Waals surface area contributed by atoms with E-state index in [9.17, 15) is 5.26 Å². The third-order valence-corrected chi connectivity index (χ3v) is 6.33. The van der Waals surface area contributed by atoms with Gasteiger partial charge in [0.2, 0.25) is 5.95 Å². The lowest BCUT2D eigenvalue weighted by Gasteiger charge is -2.34. The number of nitrogens with two attached hydrogens (primary N) is 1. The van der Waals surface area contributed by atoms with Gasteiger partial charge in [-0.25, -0.2) is 4.98 Å². The summed E-state index contributed by atoms with van der Waals surface area (Å²) >= 11 is 0. The van der Waals surface area contributed by atoms with Gasteiger partial charge in [0.15, 0.2) is 5.82 Å². The van der Waals surface area contributed by atoms with E-state index in [0.717, 1.165) is 74.9 Å². The monoisotopic (exact) mass is 500 g/mol. The highest BCUT2D eigenvalue weighted by Gasteiger charge is 2.17. The van der Waals surface area contributed by atoms with Crippen LogP contribution in [0.2, 0.25) is 0 Å². The van der Waals surface area contributed by atoms with Crippen molar-refractivity contribution in [3.8, 4) is 11.8 Å². The Balaban J connectivity index is 1.45. The van der Waals surface area contributed by atoms with E-state index in [2.05, 4.69) is 48.6 Å². The highest BCUT2D eigenvalue weighted by Crippen LogP contribution is 2.29. The molecule has 4 N–H and O–H groups in total. The van der Waals surface area contributed by atoms with Gasteiger partial charge in [-0.3, -0.25) is 4.90 Å². The summed E-state index contributed by atoms with van der Waals surface area (Å²) < 4.78 is 5.74. The zero-order valence-corrected chi connectivity index (χ0v) is 21.7. The molecule has 0 amide bonds. The van der Waals surface area contributed by atoms with Crippen LogP contribution in [0.5, 0.6) is 5.75 Å². The van der Waals surface area contributed by atoms with Crippen LogP contribution in [0.15, 0.2) is 48.7 Å². The Morgan fingerprint density at radius 2 is 1.89 bits per heavy atom. The topological polar surface area (TPSA) is 115 Å². The Bertz CT molecular complexity index is 1220. The summed E-state index contributed by atoms with van der Waals surface area (Å²) in [4.78, 5) is 13.9. The Hall–Kier alpha value is -3.71. The van der Waals surface area contributed by atoms with E-state index in [1.165, 1.54) is 11.8 Å². The molecule has 9 nitrogen and oxygen atoms in total. The van der Waals surface area contributed by atoms with Crippen molar-refractivity contribution in [1.29, 1.82) is 5.26 Å². The van der Waals surface area contributed by atoms with Crippen LogP contribution in [0, 0.1) is 18.3 Å². The summed E-state index contributed by atoms with van der Waals surface area (Å²) in [6.07, 6.45) is 2.58. The molecule has 1 aliphatic heterocycles. The lowest BCUT2D eigenvalue weighted by Crippen LogP contribution is -2.46. The molecule has 37 heavy (non-hydrogen) atoms. The molecule has 1 aromatic heterocycles. The van der Waals surface area contributed by atoms with Gasteiger partial charge in [-0.15, -0.1) is 0 Å². The van der Waals surface area contributed by atoms with Gasteiger partial charge >= 0.3 is 0 Å². The summed E-state index contributed by atoms with van der Waals surface area (Å²) in [5.74, 6) is 1.57. The fourth-order valence-corrected chi connectivity index (χ4v) is 4.39. The summed E-state index contributed by atoms with van der Waals surface area (Å²) in [5, 5.41) is 16.2. The Kier molecular flexibility index (Phi) is 9.27. The molecule has 0 aliphatic carbocycles. The molecule has 1 aliphatic rings. The minimum Gasteiger partial charge on any atom is -0.492 e. The number of hydrogen-bond acceptors (Lipinski definition) is 9. The fourth-order valence-electron chi connectivity index (χ4n) is 4.39. The molecule has 9 heteroatoms. The number of nitrogens with one attached hydrogen (secondary N) is 2. The minimum atomic E-state index is 0.374. The number of piperazine rings is 1. The third kappa shape index (κ3) is 7.40. The van der Waals surface area contributed by atoms with Crippen LogP contribution < -0.4 is 21.1 Å². The van der Waals surface area contributed by atoms with Gasteiger partial charge < -0.3 is 26.0 Å². The second-order valence-electron chi connectivity index (χ2n) is 9.21. The number of aryl methyl sites for hydroxylation is 1. The van der Waals surface area contributed by atoms with Crippen molar-refractivity contribution in [2.75, 3.05) is 56.5 Å². The van der Waals surface area contributed by atoms with Gasteiger partial charge in [0.25, 0.3) is 0 Å². The number of nitrogens with zero attached hydrogens (tertiary/aromatic N) is 5. The van der Waals surface area contributed by atoms with Crippen LogP contribution >= 0.6 is 0 Å². The van der Waals surface area contributed by atoms with Crippen LogP contribution in [0.3, 0.4) is 0 Å². The van der Waals surface area contributed by atoms with E-state index < -0.39 is 0 Å². The summed E-state index contributed by atoms with van der Waals surface area (Å²) in [6.45, 7) is 11.5. The maximum atomic E-state index is 9.65. The van der Waals surface area contributed by atoms with Gasteiger partial charge in [0.1, 0.15) is 17.4 Å². The van der Waals surface area contributed by atoms with Gasteiger partial charge in [-0.05, 0) is 68.8 Å². The van der Waals surface area contributed by atoms with E-state index in [1.807, 2.05) is 44.2 Å². The molecule has 3 aromatic rings. The number of nitriles is 1. The van der Waals surface area contributed by atoms with Crippen molar-refractivity contribution >= 4 is 23.1 Å². The number of anilines is 4. The Labute approximate surface area is 219 Å². The largest absolute Gasteiger partial charge is 0.492 e. The predicted molar refractivity (Wildman–Crippen MR) is 147 cm³/mol.